The SMILES string of the molecule is Cc1cc(OCC(O)CNc2ccccc2C)ccc1Cl. The number of benzene rings is 2. The van der Waals surface area contributed by atoms with E-state index < -0.39 is 6.10 Å². The molecule has 3 nitrogen and oxygen atoms in total. The van der Waals surface area contributed by atoms with Crippen molar-refractivity contribution in [2.45, 2.75) is 20.0 Å². The molecular formula is C17H20ClNO2. The molecule has 0 bridgehead atoms. The summed E-state index contributed by atoms with van der Waals surface area (Å²) in [6.07, 6.45) is -0.583. The lowest BCUT2D eigenvalue weighted by molar-refractivity contribution is 0.117. The lowest BCUT2D eigenvalue weighted by Crippen LogP contribution is -2.26. The van der Waals surface area contributed by atoms with Crippen molar-refractivity contribution in [3.05, 3.63) is 58.6 Å². The summed E-state index contributed by atoms with van der Waals surface area (Å²) in [5.41, 5.74) is 3.14. The first kappa shape index (κ1) is 15.7. The third-order valence-corrected chi connectivity index (χ3v) is 3.67. The Balaban J connectivity index is 1.81. The fraction of sp³-hybridized carbons (Fsp3) is 0.294. The predicted octanol–water partition coefficient (Wildman–Crippen LogP) is 3.81. The molecule has 0 spiro atoms. The van der Waals surface area contributed by atoms with E-state index in [0.717, 1.165) is 16.8 Å². The number of rotatable bonds is 6. The Hall–Kier alpha value is -1.71. The average molecular weight is 306 g/mol. The van der Waals surface area contributed by atoms with Crippen LogP contribution in [0.1, 0.15) is 11.1 Å². The fourth-order valence-electron chi connectivity index (χ4n) is 1.96. The van der Waals surface area contributed by atoms with Crippen molar-refractivity contribution < 1.29 is 9.84 Å². The van der Waals surface area contributed by atoms with Crippen LogP contribution >= 0.6 is 11.6 Å². The van der Waals surface area contributed by atoms with Gasteiger partial charge in [-0.3, -0.25) is 0 Å². The zero-order chi connectivity index (χ0) is 15.2. The maximum atomic E-state index is 9.97. The Morgan fingerprint density at radius 3 is 2.62 bits per heavy atom. The van der Waals surface area contributed by atoms with Gasteiger partial charge in [0.2, 0.25) is 0 Å². The minimum absolute atomic E-state index is 0.236. The quantitative estimate of drug-likeness (QED) is 0.853. The van der Waals surface area contributed by atoms with E-state index in [-0.39, 0.29) is 6.61 Å². The molecule has 0 aromatic heterocycles. The zero-order valence-corrected chi connectivity index (χ0v) is 13.0. The number of aliphatic hydroxyl groups is 1. The molecule has 0 saturated heterocycles. The normalized spacial score (nSPS) is 12.0. The molecule has 21 heavy (non-hydrogen) atoms. The van der Waals surface area contributed by atoms with E-state index in [9.17, 15) is 5.11 Å². The second-order valence-electron chi connectivity index (χ2n) is 5.07. The number of hydrogen-bond donors (Lipinski definition) is 2. The lowest BCUT2D eigenvalue weighted by atomic mass is 10.2. The molecule has 2 rings (SSSR count). The summed E-state index contributed by atoms with van der Waals surface area (Å²) in [6.45, 7) is 4.63. The molecule has 2 N–H and O–H groups in total. The van der Waals surface area contributed by atoms with Crippen LogP contribution in [0.25, 0.3) is 0 Å². The van der Waals surface area contributed by atoms with Crippen molar-refractivity contribution >= 4 is 17.3 Å². The van der Waals surface area contributed by atoms with Crippen LogP contribution in [0.3, 0.4) is 0 Å². The molecule has 0 aliphatic rings. The van der Waals surface area contributed by atoms with Crippen LogP contribution in [-0.4, -0.2) is 24.4 Å². The van der Waals surface area contributed by atoms with Crippen LogP contribution in [0.15, 0.2) is 42.5 Å². The molecule has 112 valence electrons. The summed E-state index contributed by atoms with van der Waals surface area (Å²) in [5, 5.41) is 13.9. The number of hydrogen-bond acceptors (Lipinski definition) is 3. The topological polar surface area (TPSA) is 41.5 Å². The van der Waals surface area contributed by atoms with Crippen LogP contribution < -0.4 is 10.1 Å². The summed E-state index contributed by atoms with van der Waals surface area (Å²) in [4.78, 5) is 0. The number of nitrogens with one attached hydrogen (secondary N) is 1. The minimum Gasteiger partial charge on any atom is -0.491 e. The minimum atomic E-state index is -0.583. The summed E-state index contributed by atoms with van der Waals surface area (Å²) in [6, 6.07) is 13.4. The largest absolute Gasteiger partial charge is 0.491 e. The molecule has 0 saturated carbocycles. The van der Waals surface area contributed by atoms with Gasteiger partial charge in [-0.2, -0.15) is 0 Å². The van der Waals surface area contributed by atoms with Gasteiger partial charge < -0.3 is 15.2 Å². The fourth-order valence-corrected chi connectivity index (χ4v) is 2.07. The van der Waals surface area contributed by atoms with Gasteiger partial charge in [-0.25, -0.2) is 0 Å². The van der Waals surface area contributed by atoms with Crippen molar-refractivity contribution in [2.24, 2.45) is 0 Å². The molecule has 0 aliphatic heterocycles. The molecule has 0 amide bonds. The number of para-hydroxylation sites is 1. The lowest BCUT2D eigenvalue weighted by Gasteiger charge is -2.15. The van der Waals surface area contributed by atoms with Gasteiger partial charge in [0.15, 0.2) is 0 Å². The van der Waals surface area contributed by atoms with Gasteiger partial charge in [-0.15, -0.1) is 0 Å². The van der Waals surface area contributed by atoms with Gasteiger partial charge in [-0.1, -0.05) is 29.8 Å². The Bertz CT molecular complexity index is 601. The van der Waals surface area contributed by atoms with Gasteiger partial charge in [0, 0.05) is 17.3 Å². The summed E-state index contributed by atoms with van der Waals surface area (Å²) < 4.78 is 5.57. The van der Waals surface area contributed by atoms with E-state index in [1.165, 1.54) is 0 Å². The molecule has 1 atom stereocenters. The Morgan fingerprint density at radius 2 is 1.90 bits per heavy atom. The third kappa shape index (κ3) is 4.66. The summed E-state index contributed by atoms with van der Waals surface area (Å²) in [5.74, 6) is 0.715. The van der Waals surface area contributed by atoms with Crippen molar-refractivity contribution in [3.8, 4) is 5.75 Å². The highest BCUT2D eigenvalue weighted by atomic mass is 35.5. The molecule has 0 fully saturated rings. The van der Waals surface area contributed by atoms with Crippen molar-refractivity contribution in [1.82, 2.24) is 0 Å². The van der Waals surface area contributed by atoms with Gasteiger partial charge in [-0.05, 0) is 49.2 Å². The van der Waals surface area contributed by atoms with E-state index in [4.69, 9.17) is 16.3 Å². The zero-order valence-electron chi connectivity index (χ0n) is 12.3. The third-order valence-electron chi connectivity index (χ3n) is 3.25. The Labute approximate surface area is 130 Å². The molecule has 2 aromatic rings. The first-order valence-corrected chi connectivity index (χ1v) is 7.30. The maximum absolute atomic E-state index is 9.97. The van der Waals surface area contributed by atoms with Gasteiger partial charge in [0.25, 0.3) is 0 Å². The highest BCUT2D eigenvalue weighted by Crippen LogP contribution is 2.21. The maximum Gasteiger partial charge on any atom is 0.119 e. The van der Waals surface area contributed by atoms with E-state index in [1.54, 1.807) is 12.1 Å². The van der Waals surface area contributed by atoms with Gasteiger partial charge in [0.1, 0.15) is 18.5 Å². The summed E-state index contributed by atoms with van der Waals surface area (Å²) in [7, 11) is 0. The number of ether oxygens (including phenoxy) is 1. The second-order valence-corrected chi connectivity index (χ2v) is 5.48. The number of aliphatic hydroxyl groups excluding tert-OH is 1. The van der Waals surface area contributed by atoms with Crippen molar-refractivity contribution in [3.63, 3.8) is 0 Å². The van der Waals surface area contributed by atoms with E-state index >= 15 is 0 Å². The first-order chi connectivity index (χ1) is 10.1. The van der Waals surface area contributed by atoms with Crippen LogP contribution in [0.4, 0.5) is 5.69 Å². The molecular weight excluding hydrogens is 286 g/mol. The molecule has 4 heteroatoms. The molecule has 2 aromatic carbocycles. The van der Waals surface area contributed by atoms with E-state index in [1.807, 2.05) is 44.2 Å². The van der Waals surface area contributed by atoms with Crippen molar-refractivity contribution in [1.29, 1.82) is 0 Å². The summed E-state index contributed by atoms with van der Waals surface area (Å²) >= 11 is 5.96. The molecule has 0 radical (unpaired) electrons. The highest BCUT2D eigenvalue weighted by molar-refractivity contribution is 6.31. The number of halogens is 1. The van der Waals surface area contributed by atoms with E-state index in [0.29, 0.717) is 17.3 Å². The van der Waals surface area contributed by atoms with Crippen LogP contribution in [-0.2, 0) is 0 Å². The second kappa shape index (κ2) is 7.34. The standard InChI is InChI=1S/C17H20ClNO2/c1-12-5-3-4-6-17(12)19-10-14(20)11-21-15-7-8-16(18)13(2)9-15/h3-9,14,19-20H,10-11H2,1-2H3. The number of aryl methyl sites for hydroxylation is 2. The average Bonchev–Trinajstić information content (AvgIpc) is 2.47. The first-order valence-electron chi connectivity index (χ1n) is 6.93. The highest BCUT2D eigenvalue weighted by Gasteiger charge is 2.07. The van der Waals surface area contributed by atoms with Crippen molar-refractivity contribution in [2.75, 3.05) is 18.5 Å². The van der Waals surface area contributed by atoms with E-state index in [2.05, 4.69) is 5.32 Å². The van der Waals surface area contributed by atoms with Crippen LogP contribution in [0.5, 0.6) is 5.75 Å². The Morgan fingerprint density at radius 1 is 1.14 bits per heavy atom. The monoisotopic (exact) mass is 305 g/mol. The molecule has 0 aliphatic carbocycles. The van der Waals surface area contributed by atoms with Gasteiger partial charge >= 0.3 is 0 Å². The van der Waals surface area contributed by atoms with Crippen LogP contribution in [0.2, 0.25) is 5.02 Å². The van der Waals surface area contributed by atoms with Crippen LogP contribution in [0, 0.1) is 13.8 Å². The smallest absolute Gasteiger partial charge is 0.119 e. The molecule has 0 heterocycles. The Kier molecular flexibility index (Phi) is 5.48. The van der Waals surface area contributed by atoms with Gasteiger partial charge in [0.05, 0.1) is 0 Å². The number of anilines is 1. The molecule has 1 unspecified atom stereocenters. The predicted molar refractivity (Wildman–Crippen MR) is 87.4 cm³/mol.